The number of hydrogen-bond donors (Lipinski definition) is 0. The van der Waals surface area contributed by atoms with Gasteiger partial charge in [-0.15, -0.1) is 0 Å². The van der Waals surface area contributed by atoms with Gasteiger partial charge in [0, 0.05) is 25.2 Å². The highest BCUT2D eigenvalue weighted by molar-refractivity contribution is 5.38. The Kier molecular flexibility index (Phi) is 3.62. The van der Waals surface area contributed by atoms with E-state index in [1.54, 1.807) is 0 Å². The summed E-state index contributed by atoms with van der Waals surface area (Å²) in [5.41, 5.74) is 0. The fraction of sp³-hybridized carbons (Fsp3) is 0.692. The summed E-state index contributed by atoms with van der Waals surface area (Å²) in [6.07, 6.45) is 2.37. The minimum atomic E-state index is 0.260. The number of morpholine rings is 1. The summed E-state index contributed by atoms with van der Waals surface area (Å²) in [7, 11) is 0. The first-order chi connectivity index (χ1) is 8.06. The lowest BCUT2D eigenvalue weighted by atomic mass is 10.2. The average molecular weight is 235 g/mol. The van der Waals surface area contributed by atoms with Gasteiger partial charge in [-0.25, -0.2) is 9.97 Å². The molecule has 0 spiro atoms. The Bertz CT molecular complexity index is 371. The van der Waals surface area contributed by atoms with Crippen LogP contribution in [0.4, 0.5) is 5.82 Å². The monoisotopic (exact) mass is 235 g/mol. The number of rotatable bonds is 2. The van der Waals surface area contributed by atoms with Gasteiger partial charge >= 0.3 is 0 Å². The fourth-order valence-electron chi connectivity index (χ4n) is 2.18. The van der Waals surface area contributed by atoms with E-state index in [9.17, 15) is 0 Å². The van der Waals surface area contributed by atoms with Gasteiger partial charge in [-0.2, -0.15) is 0 Å². The number of aromatic nitrogens is 2. The minimum Gasteiger partial charge on any atom is -0.372 e. The fourth-order valence-corrected chi connectivity index (χ4v) is 2.18. The van der Waals surface area contributed by atoms with Crippen LogP contribution < -0.4 is 4.90 Å². The summed E-state index contributed by atoms with van der Waals surface area (Å²) in [5.74, 6) is 2.30. The molecule has 2 rings (SSSR count). The molecule has 1 aromatic heterocycles. The number of ether oxygens (including phenoxy) is 1. The molecule has 17 heavy (non-hydrogen) atoms. The highest BCUT2D eigenvalue weighted by Gasteiger charge is 2.23. The van der Waals surface area contributed by atoms with E-state index >= 15 is 0 Å². The van der Waals surface area contributed by atoms with Gasteiger partial charge in [-0.3, -0.25) is 0 Å². The van der Waals surface area contributed by atoms with Crippen LogP contribution in [-0.4, -0.2) is 35.3 Å². The molecule has 4 nitrogen and oxygen atoms in total. The van der Waals surface area contributed by atoms with E-state index in [0.29, 0.717) is 5.92 Å². The van der Waals surface area contributed by atoms with Crippen LogP contribution in [0.5, 0.6) is 0 Å². The second-order valence-corrected chi connectivity index (χ2v) is 5.09. The van der Waals surface area contributed by atoms with Crippen molar-refractivity contribution in [1.29, 1.82) is 0 Å². The Morgan fingerprint density at radius 1 is 1.29 bits per heavy atom. The van der Waals surface area contributed by atoms with E-state index in [0.717, 1.165) is 24.7 Å². The van der Waals surface area contributed by atoms with E-state index < -0.39 is 0 Å². The van der Waals surface area contributed by atoms with Crippen LogP contribution in [0.15, 0.2) is 12.3 Å². The van der Waals surface area contributed by atoms with Crippen LogP contribution in [0, 0.1) is 0 Å². The second-order valence-electron chi connectivity index (χ2n) is 5.09. The summed E-state index contributed by atoms with van der Waals surface area (Å²) in [4.78, 5) is 11.2. The molecule has 4 heteroatoms. The van der Waals surface area contributed by atoms with E-state index in [4.69, 9.17) is 4.74 Å². The molecule has 2 unspecified atom stereocenters. The van der Waals surface area contributed by atoms with Gasteiger partial charge in [0.25, 0.3) is 0 Å². The zero-order chi connectivity index (χ0) is 12.4. The Morgan fingerprint density at radius 3 is 2.53 bits per heavy atom. The summed E-state index contributed by atoms with van der Waals surface area (Å²) in [6, 6.07) is 1.98. The molecular formula is C13H21N3O. The molecule has 1 saturated heterocycles. The molecule has 94 valence electrons. The maximum atomic E-state index is 5.73. The molecular weight excluding hydrogens is 214 g/mol. The second kappa shape index (κ2) is 5.00. The molecule has 0 N–H and O–H groups in total. The van der Waals surface area contributed by atoms with Gasteiger partial charge in [-0.05, 0) is 19.9 Å². The molecule has 0 saturated carbocycles. The maximum absolute atomic E-state index is 5.73. The zero-order valence-corrected chi connectivity index (χ0v) is 11.1. The van der Waals surface area contributed by atoms with Gasteiger partial charge in [0.15, 0.2) is 0 Å². The first kappa shape index (κ1) is 12.3. The molecule has 0 radical (unpaired) electrons. The third kappa shape index (κ3) is 2.94. The summed E-state index contributed by atoms with van der Waals surface area (Å²) >= 11 is 0. The molecule has 0 bridgehead atoms. The Hall–Kier alpha value is -1.16. The van der Waals surface area contributed by atoms with Crippen LogP contribution in [-0.2, 0) is 4.74 Å². The summed E-state index contributed by atoms with van der Waals surface area (Å²) in [6.45, 7) is 10.2. The predicted molar refractivity (Wildman–Crippen MR) is 68.3 cm³/mol. The molecule has 0 aromatic carbocycles. The van der Waals surface area contributed by atoms with Crippen molar-refractivity contribution in [2.75, 3.05) is 18.0 Å². The third-order valence-electron chi connectivity index (χ3n) is 2.92. The van der Waals surface area contributed by atoms with E-state index in [2.05, 4.69) is 42.6 Å². The Balaban J connectivity index is 2.18. The van der Waals surface area contributed by atoms with Crippen molar-refractivity contribution in [3.05, 3.63) is 18.1 Å². The molecule has 1 aliphatic heterocycles. The third-order valence-corrected chi connectivity index (χ3v) is 2.92. The summed E-state index contributed by atoms with van der Waals surface area (Å²) < 4.78 is 5.73. The topological polar surface area (TPSA) is 38.2 Å². The van der Waals surface area contributed by atoms with Crippen LogP contribution in [0.25, 0.3) is 0 Å². The Labute approximate surface area is 103 Å². The SMILES string of the molecule is CC1CN(c2ccnc(C(C)C)n2)CC(C)O1. The van der Waals surface area contributed by atoms with Gasteiger partial charge in [0.2, 0.25) is 0 Å². The number of nitrogens with zero attached hydrogens (tertiary/aromatic N) is 3. The van der Waals surface area contributed by atoms with Crippen LogP contribution in [0.1, 0.15) is 39.4 Å². The number of hydrogen-bond acceptors (Lipinski definition) is 4. The molecule has 2 atom stereocenters. The number of anilines is 1. The molecule has 2 heterocycles. The average Bonchev–Trinajstić information content (AvgIpc) is 2.28. The molecule has 1 aliphatic rings. The van der Waals surface area contributed by atoms with Crippen molar-refractivity contribution in [3.8, 4) is 0 Å². The Morgan fingerprint density at radius 2 is 1.94 bits per heavy atom. The lowest BCUT2D eigenvalue weighted by Gasteiger charge is -2.36. The molecule has 0 aliphatic carbocycles. The van der Waals surface area contributed by atoms with Crippen molar-refractivity contribution >= 4 is 5.82 Å². The highest BCUT2D eigenvalue weighted by Crippen LogP contribution is 2.19. The van der Waals surface area contributed by atoms with Gasteiger partial charge in [0.1, 0.15) is 11.6 Å². The van der Waals surface area contributed by atoms with Crippen LogP contribution in [0.2, 0.25) is 0 Å². The maximum Gasteiger partial charge on any atom is 0.133 e. The van der Waals surface area contributed by atoms with Gasteiger partial charge in [-0.1, -0.05) is 13.8 Å². The molecule has 1 fully saturated rings. The van der Waals surface area contributed by atoms with Crippen molar-refractivity contribution < 1.29 is 4.74 Å². The largest absolute Gasteiger partial charge is 0.372 e. The first-order valence-electron chi connectivity index (χ1n) is 6.29. The highest BCUT2D eigenvalue weighted by atomic mass is 16.5. The van der Waals surface area contributed by atoms with E-state index in [1.165, 1.54) is 0 Å². The van der Waals surface area contributed by atoms with E-state index in [-0.39, 0.29) is 12.2 Å². The minimum absolute atomic E-state index is 0.260. The standard InChI is InChI=1S/C13H21N3O/c1-9(2)13-14-6-5-12(15-13)16-7-10(3)17-11(4)8-16/h5-6,9-11H,7-8H2,1-4H3. The zero-order valence-electron chi connectivity index (χ0n) is 11.1. The summed E-state index contributed by atoms with van der Waals surface area (Å²) in [5, 5.41) is 0. The van der Waals surface area contributed by atoms with Crippen molar-refractivity contribution in [3.63, 3.8) is 0 Å². The first-order valence-corrected chi connectivity index (χ1v) is 6.29. The normalized spacial score (nSPS) is 25.4. The van der Waals surface area contributed by atoms with Crippen molar-refractivity contribution in [2.24, 2.45) is 0 Å². The smallest absolute Gasteiger partial charge is 0.133 e. The lowest BCUT2D eigenvalue weighted by molar-refractivity contribution is -0.00548. The van der Waals surface area contributed by atoms with Gasteiger partial charge in [0.05, 0.1) is 12.2 Å². The molecule has 1 aromatic rings. The predicted octanol–water partition coefficient (Wildman–Crippen LogP) is 2.21. The van der Waals surface area contributed by atoms with Crippen LogP contribution in [0.3, 0.4) is 0 Å². The lowest BCUT2D eigenvalue weighted by Crippen LogP contribution is -2.45. The van der Waals surface area contributed by atoms with Crippen LogP contribution >= 0.6 is 0 Å². The molecule has 0 amide bonds. The van der Waals surface area contributed by atoms with Crippen molar-refractivity contribution in [2.45, 2.75) is 45.8 Å². The van der Waals surface area contributed by atoms with Crippen molar-refractivity contribution in [1.82, 2.24) is 9.97 Å². The quantitative estimate of drug-likeness (QED) is 0.787. The van der Waals surface area contributed by atoms with Gasteiger partial charge < -0.3 is 9.64 Å². The van der Waals surface area contributed by atoms with E-state index in [1.807, 2.05) is 12.3 Å².